The molecule has 0 aromatic heterocycles. The van der Waals surface area contributed by atoms with E-state index in [1.165, 1.54) is 38.5 Å². The number of hydrogen-bond acceptors (Lipinski definition) is 6. The quantitative estimate of drug-likeness (QED) is 0.436. The van der Waals surface area contributed by atoms with Crippen molar-refractivity contribution in [3.8, 4) is 17.2 Å². The van der Waals surface area contributed by atoms with Crippen LogP contribution in [0.3, 0.4) is 0 Å². The summed E-state index contributed by atoms with van der Waals surface area (Å²) in [4.78, 5) is 12.7. The Kier molecular flexibility index (Phi) is 8.01. The molecule has 1 amide bonds. The van der Waals surface area contributed by atoms with E-state index >= 15 is 0 Å². The topological polar surface area (TPSA) is 103 Å². The van der Waals surface area contributed by atoms with E-state index in [4.69, 9.17) is 14.2 Å². The van der Waals surface area contributed by atoms with Crippen molar-refractivity contribution in [1.82, 2.24) is 0 Å². The van der Waals surface area contributed by atoms with Crippen molar-refractivity contribution in [2.75, 3.05) is 24.3 Å². The van der Waals surface area contributed by atoms with Gasteiger partial charge in [0.1, 0.15) is 17.2 Å². The van der Waals surface area contributed by atoms with Crippen molar-refractivity contribution in [2.45, 2.75) is 31.3 Å². The highest BCUT2D eigenvalue weighted by Gasteiger charge is 2.20. The van der Waals surface area contributed by atoms with Crippen LogP contribution in [0.5, 0.6) is 17.2 Å². The number of nitrogens with one attached hydrogen (secondary N) is 2. The van der Waals surface area contributed by atoms with Crippen LogP contribution in [0.15, 0.2) is 71.6 Å². The molecule has 0 aliphatic heterocycles. The van der Waals surface area contributed by atoms with Crippen molar-refractivity contribution < 1.29 is 27.4 Å². The summed E-state index contributed by atoms with van der Waals surface area (Å²) in [5, 5.41) is 2.77. The molecule has 0 bridgehead atoms. The Morgan fingerprint density at radius 2 is 1.68 bits per heavy atom. The van der Waals surface area contributed by atoms with E-state index in [-0.39, 0.29) is 16.5 Å². The van der Waals surface area contributed by atoms with E-state index in [1.54, 1.807) is 24.3 Å². The minimum atomic E-state index is -3.88. The van der Waals surface area contributed by atoms with Crippen LogP contribution in [-0.4, -0.2) is 34.6 Å². The van der Waals surface area contributed by atoms with Crippen molar-refractivity contribution in [1.29, 1.82) is 0 Å². The Morgan fingerprint density at radius 3 is 2.29 bits per heavy atom. The molecule has 3 rings (SSSR count). The maximum absolute atomic E-state index is 12.8. The smallest absolute Gasteiger partial charge is 0.265 e. The number of carbonyl (C=O) groups excluding carboxylic acids is 1. The molecule has 0 aliphatic rings. The van der Waals surface area contributed by atoms with Crippen LogP contribution in [0.1, 0.15) is 18.9 Å². The standard InChI is InChI=1S/C25H28N2O6S/c1-5-23(33-20-8-6-7-17(2)15-20)25(28)26-18-9-12-21(13-10-18)34(29,30)27-22-14-11-19(31-3)16-24(22)32-4/h6-16,23,27H,5H2,1-4H3,(H,26,28). The first-order valence-electron chi connectivity index (χ1n) is 10.6. The highest BCUT2D eigenvalue weighted by molar-refractivity contribution is 7.92. The second-order valence-corrected chi connectivity index (χ2v) is 9.20. The summed E-state index contributed by atoms with van der Waals surface area (Å²) < 4.78 is 44.4. The minimum Gasteiger partial charge on any atom is -0.497 e. The van der Waals surface area contributed by atoms with Gasteiger partial charge in [-0.1, -0.05) is 19.1 Å². The average molecular weight is 485 g/mol. The molecule has 1 atom stereocenters. The van der Waals surface area contributed by atoms with Gasteiger partial charge in [0, 0.05) is 11.8 Å². The van der Waals surface area contributed by atoms with Crippen molar-refractivity contribution in [3.63, 3.8) is 0 Å². The second kappa shape index (κ2) is 10.9. The van der Waals surface area contributed by atoms with E-state index in [1.807, 2.05) is 32.0 Å². The molecular formula is C25H28N2O6S. The number of aryl methyl sites for hydroxylation is 1. The van der Waals surface area contributed by atoms with Crippen molar-refractivity contribution >= 4 is 27.3 Å². The molecule has 3 aromatic carbocycles. The summed E-state index contributed by atoms with van der Waals surface area (Å²) in [5.41, 5.74) is 1.77. The predicted molar refractivity (Wildman–Crippen MR) is 131 cm³/mol. The molecule has 0 aliphatic carbocycles. The molecule has 0 radical (unpaired) electrons. The van der Waals surface area contributed by atoms with Gasteiger partial charge >= 0.3 is 0 Å². The molecule has 1 unspecified atom stereocenters. The Hall–Kier alpha value is -3.72. The van der Waals surface area contributed by atoms with Crippen LogP contribution >= 0.6 is 0 Å². The van der Waals surface area contributed by atoms with Gasteiger partial charge in [-0.05, 0) is 67.4 Å². The van der Waals surface area contributed by atoms with Gasteiger partial charge < -0.3 is 19.5 Å². The molecule has 0 heterocycles. The first kappa shape index (κ1) is 24.9. The molecule has 3 aromatic rings. The van der Waals surface area contributed by atoms with Gasteiger partial charge in [-0.2, -0.15) is 0 Å². The van der Waals surface area contributed by atoms with Gasteiger partial charge in [-0.3, -0.25) is 9.52 Å². The lowest BCUT2D eigenvalue weighted by atomic mass is 10.2. The molecule has 0 saturated heterocycles. The highest BCUT2D eigenvalue weighted by atomic mass is 32.2. The largest absolute Gasteiger partial charge is 0.497 e. The molecular weight excluding hydrogens is 456 g/mol. The SMILES string of the molecule is CCC(Oc1cccc(C)c1)C(=O)Nc1ccc(S(=O)(=O)Nc2ccc(OC)cc2OC)cc1. The number of hydrogen-bond donors (Lipinski definition) is 2. The Bertz CT molecular complexity index is 1240. The van der Waals surface area contributed by atoms with E-state index in [0.717, 1.165) is 5.56 Å². The molecule has 0 spiro atoms. The zero-order valence-corrected chi connectivity index (χ0v) is 20.3. The number of amides is 1. The average Bonchev–Trinajstić information content (AvgIpc) is 2.83. The fourth-order valence-corrected chi connectivity index (χ4v) is 4.27. The maximum atomic E-state index is 12.8. The molecule has 0 saturated carbocycles. The first-order chi connectivity index (χ1) is 16.2. The second-order valence-electron chi connectivity index (χ2n) is 7.52. The number of benzene rings is 3. The van der Waals surface area contributed by atoms with Gasteiger partial charge in [0.25, 0.3) is 15.9 Å². The van der Waals surface area contributed by atoms with Gasteiger partial charge in [0.2, 0.25) is 0 Å². The van der Waals surface area contributed by atoms with Crippen LogP contribution in [0.4, 0.5) is 11.4 Å². The maximum Gasteiger partial charge on any atom is 0.265 e. The van der Waals surface area contributed by atoms with Gasteiger partial charge in [0.05, 0.1) is 24.8 Å². The molecule has 8 nitrogen and oxygen atoms in total. The Balaban J connectivity index is 1.69. The third kappa shape index (κ3) is 6.20. The first-order valence-corrected chi connectivity index (χ1v) is 12.1. The minimum absolute atomic E-state index is 0.0337. The Labute approximate surface area is 199 Å². The zero-order valence-electron chi connectivity index (χ0n) is 19.5. The van der Waals surface area contributed by atoms with Crippen LogP contribution in [0.2, 0.25) is 0 Å². The van der Waals surface area contributed by atoms with E-state index < -0.39 is 16.1 Å². The van der Waals surface area contributed by atoms with Gasteiger partial charge in [-0.15, -0.1) is 0 Å². The summed E-state index contributed by atoms with van der Waals surface area (Å²) in [6, 6.07) is 18.1. The normalized spacial score (nSPS) is 11.9. The lowest BCUT2D eigenvalue weighted by Crippen LogP contribution is -2.32. The third-order valence-corrected chi connectivity index (χ3v) is 6.40. The lowest BCUT2D eigenvalue weighted by Gasteiger charge is -2.18. The fourth-order valence-electron chi connectivity index (χ4n) is 3.20. The number of carbonyl (C=O) groups is 1. The zero-order chi connectivity index (χ0) is 24.7. The summed E-state index contributed by atoms with van der Waals surface area (Å²) in [5.74, 6) is 1.16. The van der Waals surface area contributed by atoms with Gasteiger partial charge in [0.15, 0.2) is 6.10 Å². The van der Waals surface area contributed by atoms with E-state index in [2.05, 4.69) is 10.0 Å². The van der Waals surface area contributed by atoms with E-state index in [9.17, 15) is 13.2 Å². The number of methoxy groups -OCH3 is 2. The summed E-state index contributed by atoms with van der Waals surface area (Å²) in [6.07, 6.45) is -0.214. The number of ether oxygens (including phenoxy) is 3. The van der Waals surface area contributed by atoms with Crippen molar-refractivity contribution in [3.05, 3.63) is 72.3 Å². The number of rotatable bonds is 10. The monoisotopic (exact) mass is 484 g/mol. The summed E-state index contributed by atoms with van der Waals surface area (Å²) in [7, 11) is -0.934. The molecule has 0 fully saturated rings. The van der Waals surface area contributed by atoms with Crippen molar-refractivity contribution in [2.24, 2.45) is 0 Å². The summed E-state index contributed by atoms with van der Waals surface area (Å²) >= 11 is 0. The molecule has 9 heteroatoms. The Morgan fingerprint density at radius 1 is 0.941 bits per heavy atom. The third-order valence-electron chi connectivity index (χ3n) is 5.02. The predicted octanol–water partition coefficient (Wildman–Crippen LogP) is 4.61. The lowest BCUT2D eigenvalue weighted by molar-refractivity contribution is -0.122. The van der Waals surface area contributed by atoms with E-state index in [0.29, 0.717) is 29.4 Å². The van der Waals surface area contributed by atoms with Crippen LogP contribution in [-0.2, 0) is 14.8 Å². The highest BCUT2D eigenvalue weighted by Crippen LogP contribution is 2.31. The van der Waals surface area contributed by atoms with Crippen LogP contribution in [0, 0.1) is 6.92 Å². The van der Waals surface area contributed by atoms with Crippen LogP contribution < -0.4 is 24.2 Å². The number of sulfonamides is 1. The molecule has 2 N–H and O–H groups in total. The summed E-state index contributed by atoms with van der Waals surface area (Å²) in [6.45, 7) is 3.80. The van der Waals surface area contributed by atoms with Crippen LogP contribution in [0.25, 0.3) is 0 Å². The molecule has 34 heavy (non-hydrogen) atoms. The molecule has 180 valence electrons. The number of anilines is 2. The van der Waals surface area contributed by atoms with Gasteiger partial charge in [-0.25, -0.2) is 8.42 Å². The fraction of sp³-hybridized carbons (Fsp3) is 0.240.